The van der Waals surface area contributed by atoms with Crippen molar-refractivity contribution in [2.45, 2.75) is 26.9 Å². The molecule has 0 saturated carbocycles. The summed E-state index contributed by atoms with van der Waals surface area (Å²) in [6, 6.07) is 1.66. The van der Waals surface area contributed by atoms with Gasteiger partial charge in [-0.25, -0.2) is 0 Å². The van der Waals surface area contributed by atoms with E-state index in [4.69, 9.17) is 4.42 Å². The van der Waals surface area contributed by atoms with Gasteiger partial charge in [0, 0.05) is 19.7 Å². The van der Waals surface area contributed by atoms with E-state index in [0.717, 1.165) is 0 Å². The van der Waals surface area contributed by atoms with Gasteiger partial charge in [-0.15, -0.1) is 10.2 Å². The Morgan fingerprint density at radius 1 is 1.53 bits per heavy atom. The molecule has 0 aliphatic carbocycles. The lowest BCUT2D eigenvalue weighted by atomic mass is 10.4. The van der Waals surface area contributed by atoms with Crippen LogP contribution in [-0.2, 0) is 13.1 Å². The molecule has 2 rings (SSSR count). The molecular weight excluding hydrogens is 222 g/mol. The molecule has 0 atom stereocenters. The maximum Gasteiger partial charge on any atom is 0.269 e. The first-order chi connectivity index (χ1) is 8.20. The van der Waals surface area contributed by atoms with E-state index in [1.807, 2.05) is 6.92 Å². The first-order valence-corrected chi connectivity index (χ1v) is 5.29. The minimum Gasteiger partial charge on any atom is -0.424 e. The average molecular weight is 235 g/mol. The SMILES string of the molecule is CCn1nccc1C(=O)NCc1nnc(C)o1. The number of rotatable bonds is 4. The van der Waals surface area contributed by atoms with Gasteiger partial charge in [-0.05, 0) is 13.0 Å². The lowest BCUT2D eigenvalue weighted by molar-refractivity contribution is 0.0936. The predicted octanol–water partition coefficient (Wildman–Crippen LogP) is 0.524. The Morgan fingerprint density at radius 2 is 2.35 bits per heavy atom. The number of carbonyl (C=O) groups excluding carboxylic acids is 1. The van der Waals surface area contributed by atoms with Crippen LogP contribution < -0.4 is 5.32 Å². The molecule has 7 nitrogen and oxygen atoms in total. The highest BCUT2D eigenvalue weighted by Crippen LogP contribution is 2.01. The molecule has 0 fully saturated rings. The van der Waals surface area contributed by atoms with Crippen molar-refractivity contribution in [1.82, 2.24) is 25.3 Å². The highest BCUT2D eigenvalue weighted by atomic mass is 16.4. The second-order valence-corrected chi connectivity index (χ2v) is 3.43. The molecule has 7 heteroatoms. The van der Waals surface area contributed by atoms with E-state index in [1.54, 1.807) is 23.9 Å². The van der Waals surface area contributed by atoms with Crippen molar-refractivity contribution in [1.29, 1.82) is 0 Å². The smallest absolute Gasteiger partial charge is 0.269 e. The normalized spacial score (nSPS) is 10.5. The van der Waals surface area contributed by atoms with Crippen LogP contribution >= 0.6 is 0 Å². The summed E-state index contributed by atoms with van der Waals surface area (Å²) in [5.41, 5.74) is 0.517. The fourth-order valence-electron chi connectivity index (χ4n) is 1.43. The van der Waals surface area contributed by atoms with Crippen LogP contribution in [-0.4, -0.2) is 25.9 Å². The van der Waals surface area contributed by atoms with Gasteiger partial charge in [0.1, 0.15) is 5.69 Å². The van der Waals surface area contributed by atoms with Crippen LogP contribution in [0.4, 0.5) is 0 Å². The first-order valence-electron chi connectivity index (χ1n) is 5.29. The minimum atomic E-state index is -0.208. The van der Waals surface area contributed by atoms with Crippen molar-refractivity contribution in [3.63, 3.8) is 0 Å². The number of amides is 1. The molecule has 1 amide bonds. The van der Waals surface area contributed by atoms with Gasteiger partial charge in [-0.3, -0.25) is 9.48 Å². The molecule has 0 radical (unpaired) electrons. The predicted molar refractivity (Wildman–Crippen MR) is 58.1 cm³/mol. The molecule has 2 aromatic rings. The van der Waals surface area contributed by atoms with Crippen molar-refractivity contribution in [3.8, 4) is 0 Å². The van der Waals surface area contributed by atoms with E-state index >= 15 is 0 Å². The molecule has 17 heavy (non-hydrogen) atoms. The number of carbonyl (C=O) groups is 1. The Bertz CT molecular complexity index is 516. The summed E-state index contributed by atoms with van der Waals surface area (Å²) < 4.78 is 6.77. The number of nitrogens with one attached hydrogen (secondary N) is 1. The molecular formula is C10H13N5O2. The van der Waals surface area contributed by atoms with E-state index in [0.29, 0.717) is 24.0 Å². The molecule has 0 spiro atoms. The van der Waals surface area contributed by atoms with Crippen LogP contribution in [0, 0.1) is 6.92 Å². The van der Waals surface area contributed by atoms with E-state index in [-0.39, 0.29) is 12.5 Å². The van der Waals surface area contributed by atoms with Crippen LogP contribution in [0.25, 0.3) is 0 Å². The molecule has 2 aromatic heterocycles. The van der Waals surface area contributed by atoms with E-state index < -0.39 is 0 Å². The third-order valence-corrected chi connectivity index (χ3v) is 2.22. The van der Waals surface area contributed by atoms with Gasteiger partial charge in [0.2, 0.25) is 11.8 Å². The van der Waals surface area contributed by atoms with Gasteiger partial charge >= 0.3 is 0 Å². The molecule has 2 heterocycles. The highest BCUT2D eigenvalue weighted by molar-refractivity contribution is 5.92. The van der Waals surface area contributed by atoms with Gasteiger partial charge < -0.3 is 9.73 Å². The molecule has 0 bridgehead atoms. The summed E-state index contributed by atoms with van der Waals surface area (Å²) in [6.45, 7) is 4.49. The zero-order valence-corrected chi connectivity index (χ0v) is 9.67. The van der Waals surface area contributed by atoms with Crippen molar-refractivity contribution in [3.05, 3.63) is 29.7 Å². The Labute approximate surface area is 97.8 Å². The number of nitrogens with zero attached hydrogens (tertiary/aromatic N) is 4. The lowest BCUT2D eigenvalue weighted by Crippen LogP contribution is -2.25. The fourth-order valence-corrected chi connectivity index (χ4v) is 1.43. The Morgan fingerprint density at radius 3 is 3.00 bits per heavy atom. The minimum absolute atomic E-state index is 0.208. The molecule has 90 valence electrons. The topological polar surface area (TPSA) is 85.8 Å². The van der Waals surface area contributed by atoms with Gasteiger partial charge in [-0.2, -0.15) is 5.10 Å². The third-order valence-electron chi connectivity index (χ3n) is 2.22. The van der Waals surface area contributed by atoms with E-state index in [2.05, 4.69) is 20.6 Å². The second kappa shape index (κ2) is 4.77. The van der Waals surface area contributed by atoms with Crippen molar-refractivity contribution >= 4 is 5.91 Å². The van der Waals surface area contributed by atoms with Gasteiger partial charge in [0.15, 0.2) is 0 Å². The van der Waals surface area contributed by atoms with Crippen LogP contribution in [0.1, 0.15) is 29.2 Å². The Balaban J connectivity index is 1.98. The summed E-state index contributed by atoms with van der Waals surface area (Å²) >= 11 is 0. The molecule has 0 aliphatic heterocycles. The third kappa shape index (κ3) is 2.49. The van der Waals surface area contributed by atoms with Gasteiger partial charge in [0.25, 0.3) is 5.91 Å². The monoisotopic (exact) mass is 235 g/mol. The van der Waals surface area contributed by atoms with E-state index in [9.17, 15) is 4.79 Å². The van der Waals surface area contributed by atoms with Crippen molar-refractivity contribution < 1.29 is 9.21 Å². The Hall–Kier alpha value is -2.18. The maximum atomic E-state index is 11.8. The molecule has 1 N–H and O–H groups in total. The van der Waals surface area contributed by atoms with Crippen LogP contribution in [0.2, 0.25) is 0 Å². The number of hydrogen-bond acceptors (Lipinski definition) is 5. The Kier molecular flexibility index (Phi) is 3.17. The number of aromatic nitrogens is 4. The first kappa shape index (κ1) is 11.3. The standard InChI is InChI=1S/C10H13N5O2/c1-3-15-8(4-5-12-15)10(16)11-6-9-14-13-7(2)17-9/h4-5H,3,6H2,1-2H3,(H,11,16). The van der Waals surface area contributed by atoms with Crippen molar-refractivity contribution in [2.75, 3.05) is 0 Å². The van der Waals surface area contributed by atoms with Gasteiger partial charge in [0.05, 0.1) is 6.54 Å². The second-order valence-electron chi connectivity index (χ2n) is 3.43. The zero-order valence-electron chi connectivity index (χ0n) is 9.67. The van der Waals surface area contributed by atoms with E-state index in [1.165, 1.54) is 0 Å². The van der Waals surface area contributed by atoms with Crippen LogP contribution in [0.5, 0.6) is 0 Å². The maximum absolute atomic E-state index is 11.8. The quantitative estimate of drug-likeness (QED) is 0.835. The molecule has 0 aliphatic rings. The highest BCUT2D eigenvalue weighted by Gasteiger charge is 2.11. The largest absolute Gasteiger partial charge is 0.424 e. The average Bonchev–Trinajstić information content (AvgIpc) is 2.94. The molecule has 0 saturated heterocycles. The summed E-state index contributed by atoms with van der Waals surface area (Å²) in [5, 5.41) is 14.2. The van der Waals surface area contributed by atoms with Crippen LogP contribution in [0.3, 0.4) is 0 Å². The van der Waals surface area contributed by atoms with Crippen LogP contribution in [0.15, 0.2) is 16.7 Å². The number of aryl methyl sites for hydroxylation is 2. The zero-order chi connectivity index (χ0) is 12.3. The molecule has 0 unspecified atom stereocenters. The van der Waals surface area contributed by atoms with Crippen molar-refractivity contribution in [2.24, 2.45) is 0 Å². The number of hydrogen-bond donors (Lipinski definition) is 1. The lowest BCUT2D eigenvalue weighted by Gasteiger charge is -2.04. The molecule has 0 aromatic carbocycles. The summed E-state index contributed by atoms with van der Waals surface area (Å²) in [6.07, 6.45) is 1.59. The van der Waals surface area contributed by atoms with Gasteiger partial charge in [-0.1, -0.05) is 0 Å². The fraction of sp³-hybridized carbons (Fsp3) is 0.400. The summed E-state index contributed by atoms with van der Waals surface area (Å²) in [5.74, 6) is 0.659. The summed E-state index contributed by atoms with van der Waals surface area (Å²) in [4.78, 5) is 11.8. The summed E-state index contributed by atoms with van der Waals surface area (Å²) in [7, 11) is 0.